The van der Waals surface area contributed by atoms with Crippen molar-refractivity contribution in [2.24, 2.45) is 5.41 Å². The van der Waals surface area contributed by atoms with E-state index in [1.54, 1.807) is 12.3 Å². The summed E-state index contributed by atoms with van der Waals surface area (Å²) < 4.78 is 0. The van der Waals surface area contributed by atoms with Crippen LogP contribution in [0.15, 0.2) is 47.4 Å². The molecule has 136 valence electrons. The number of amides is 1. The lowest BCUT2D eigenvalue weighted by Crippen LogP contribution is -2.32. The molecule has 0 spiro atoms. The number of hydrogen-bond acceptors (Lipinski definition) is 4. The number of nitrogens with zero attached hydrogens (tertiary/aromatic N) is 1. The number of aromatic nitrogens is 2. The number of Topliss-reactive ketones (excluding diaryl/α,β-unsaturated/α-hetero) is 1. The van der Waals surface area contributed by atoms with Gasteiger partial charge in [0.1, 0.15) is 5.56 Å². The number of aromatic amines is 1. The first-order valence-corrected chi connectivity index (χ1v) is 8.79. The van der Waals surface area contributed by atoms with Crippen molar-refractivity contribution < 1.29 is 9.59 Å². The van der Waals surface area contributed by atoms with Gasteiger partial charge in [-0.2, -0.15) is 0 Å². The number of fused-ring (bicyclic) bond motifs is 2. The smallest absolute Gasteiger partial charge is 0.261 e. The Morgan fingerprint density at radius 1 is 1.15 bits per heavy atom. The zero-order chi connectivity index (χ0) is 19.2. The number of para-hydroxylation sites is 1. The standard InChI is InChI=1S/C21H19N3O3/c1-21(2)10-16-13(17(25)11-21)9-14(20(27)24-16)19(26)23-15-7-3-5-12-6-4-8-22-18(12)15/h3-9H,10-11H2,1-2H3,(H,23,26)(H,24,27). The van der Waals surface area contributed by atoms with E-state index in [-0.39, 0.29) is 16.8 Å². The van der Waals surface area contributed by atoms with Gasteiger partial charge >= 0.3 is 0 Å². The van der Waals surface area contributed by atoms with E-state index >= 15 is 0 Å². The van der Waals surface area contributed by atoms with Gasteiger partial charge in [-0.25, -0.2) is 0 Å². The number of H-pyrrole nitrogens is 1. The van der Waals surface area contributed by atoms with Crippen LogP contribution in [0.4, 0.5) is 5.69 Å². The Labute approximate surface area is 155 Å². The summed E-state index contributed by atoms with van der Waals surface area (Å²) in [7, 11) is 0. The average Bonchev–Trinajstić information content (AvgIpc) is 2.60. The molecule has 0 atom stereocenters. The highest BCUT2D eigenvalue weighted by Crippen LogP contribution is 2.33. The summed E-state index contributed by atoms with van der Waals surface area (Å²) in [5.74, 6) is -0.617. The maximum atomic E-state index is 12.7. The van der Waals surface area contributed by atoms with Gasteiger partial charge in [-0.3, -0.25) is 19.4 Å². The van der Waals surface area contributed by atoms with Gasteiger partial charge in [-0.05, 0) is 30.0 Å². The van der Waals surface area contributed by atoms with E-state index in [9.17, 15) is 14.4 Å². The van der Waals surface area contributed by atoms with Crippen molar-refractivity contribution in [1.29, 1.82) is 0 Å². The summed E-state index contributed by atoms with van der Waals surface area (Å²) >= 11 is 0. The summed E-state index contributed by atoms with van der Waals surface area (Å²) in [5.41, 5.74) is 1.41. The van der Waals surface area contributed by atoms with Crippen molar-refractivity contribution in [3.8, 4) is 0 Å². The Kier molecular flexibility index (Phi) is 3.91. The predicted octanol–water partition coefficient (Wildman–Crippen LogP) is 3.33. The molecule has 4 rings (SSSR count). The minimum Gasteiger partial charge on any atom is -0.325 e. The molecular formula is C21H19N3O3. The number of hydrogen-bond donors (Lipinski definition) is 2. The number of ketones is 1. The molecule has 6 heteroatoms. The Bertz CT molecular complexity index is 1140. The molecule has 1 aromatic carbocycles. The lowest BCUT2D eigenvalue weighted by Gasteiger charge is -2.29. The molecule has 2 aromatic heterocycles. The molecule has 2 N–H and O–H groups in total. The summed E-state index contributed by atoms with van der Waals surface area (Å²) in [6, 6.07) is 10.6. The first-order chi connectivity index (χ1) is 12.8. The van der Waals surface area contributed by atoms with Crippen LogP contribution in [0.2, 0.25) is 0 Å². The lowest BCUT2D eigenvalue weighted by molar-refractivity contribution is 0.0910. The monoisotopic (exact) mass is 361 g/mol. The Hall–Kier alpha value is -3.28. The van der Waals surface area contributed by atoms with Crippen LogP contribution in [0.25, 0.3) is 10.9 Å². The topological polar surface area (TPSA) is 91.9 Å². The summed E-state index contributed by atoms with van der Waals surface area (Å²) in [6.45, 7) is 3.97. The lowest BCUT2D eigenvalue weighted by atomic mass is 9.75. The Morgan fingerprint density at radius 3 is 2.74 bits per heavy atom. The second kappa shape index (κ2) is 6.16. The molecule has 0 radical (unpaired) electrons. The van der Waals surface area contributed by atoms with Gasteiger partial charge in [0.15, 0.2) is 5.78 Å². The number of benzene rings is 1. The van der Waals surface area contributed by atoms with Crippen LogP contribution < -0.4 is 10.9 Å². The van der Waals surface area contributed by atoms with Crippen LogP contribution in [0.5, 0.6) is 0 Å². The molecule has 0 saturated carbocycles. The van der Waals surface area contributed by atoms with Gasteiger partial charge in [-0.15, -0.1) is 0 Å². The van der Waals surface area contributed by atoms with E-state index in [0.29, 0.717) is 35.3 Å². The highest BCUT2D eigenvalue weighted by atomic mass is 16.2. The number of anilines is 1. The van der Waals surface area contributed by atoms with Gasteiger partial charge in [0.25, 0.3) is 11.5 Å². The van der Waals surface area contributed by atoms with E-state index in [1.165, 1.54) is 6.07 Å². The van der Waals surface area contributed by atoms with E-state index in [1.807, 2.05) is 38.1 Å². The summed E-state index contributed by atoms with van der Waals surface area (Å²) in [5, 5.41) is 3.63. The maximum absolute atomic E-state index is 12.7. The van der Waals surface area contributed by atoms with Crippen LogP contribution in [-0.4, -0.2) is 21.7 Å². The predicted molar refractivity (Wildman–Crippen MR) is 103 cm³/mol. The van der Waals surface area contributed by atoms with Crippen LogP contribution in [0.1, 0.15) is 46.7 Å². The first kappa shape index (κ1) is 17.1. The Morgan fingerprint density at radius 2 is 1.93 bits per heavy atom. The molecule has 0 aliphatic heterocycles. The van der Waals surface area contributed by atoms with Crippen LogP contribution in [-0.2, 0) is 6.42 Å². The van der Waals surface area contributed by atoms with Crippen LogP contribution >= 0.6 is 0 Å². The first-order valence-electron chi connectivity index (χ1n) is 8.79. The fourth-order valence-electron chi connectivity index (χ4n) is 3.59. The minimum atomic E-state index is -0.560. The number of nitrogens with one attached hydrogen (secondary N) is 2. The third-order valence-electron chi connectivity index (χ3n) is 4.84. The number of carbonyl (C=O) groups excluding carboxylic acids is 2. The quantitative estimate of drug-likeness (QED) is 0.732. The average molecular weight is 361 g/mol. The zero-order valence-corrected chi connectivity index (χ0v) is 15.1. The molecule has 27 heavy (non-hydrogen) atoms. The SMILES string of the molecule is CC1(C)CC(=O)c2cc(C(=O)Nc3cccc4cccnc34)c(=O)[nH]c2C1. The zero-order valence-electron chi connectivity index (χ0n) is 15.1. The Balaban J connectivity index is 1.72. The summed E-state index contributed by atoms with van der Waals surface area (Å²) in [6.07, 6.45) is 2.63. The maximum Gasteiger partial charge on any atom is 0.261 e. The normalized spacial score (nSPS) is 15.4. The second-order valence-corrected chi connectivity index (χ2v) is 7.68. The van der Waals surface area contributed by atoms with Crippen LogP contribution in [0.3, 0.4) is 0 Å². The molecule has 0 unspecified atom stereocenters. The fraction of sp³-hybridized carbons (Fsp3) is 0.238. The van der Waals surface area contributed by atoms with Crippen molar-refractivity contribution >= 4 is 28.3 Å². The molecule has 6 nitrogen and oxygen atoms in total. The molecule has 0 fully saturated rings. The molecule has 1 aliphatic carbocycles. The fourth-order valence-corrected chi connectivity index (χ4v) is 3.59. The number of pyridine rings is 2. The van der Waals surface area contributed by atoms with Gasteiger partial charge in [-0.1, -0.05) is 32.0 Å². The third-order valence-corrected chi connectivity index (χ3v) is 4.84. The van der Waals surface area contributed by atoms with E-state index in [4.69, 9.17) is 0 Å². The van der Waals surface area contributed by atoms with Crippen molar-refractivity contribution in [2.45, 2.75) is 26.7 Å². The second-order valence-electron chi connectivity index (χ2n) is 7.68. The van der Waals surface area contributed by atoms with Gasteiger partial charge in [0, 0.05) is 29.3 Å². The molecule has 0 saturated heterocycles. The van der Waals surface area contributed by atoms with Gasteiger partial charge in [0.05, 0.1) is 11.2 Å². The van der Waals surface area contributed by atoms with Crippen molar-refractivity contribution in [1.82, 2.24) is 9.97 Å². The van der Waals surface area contributed by atoms with E-state index in [2.05, 4.69) is 15.3 Å². The molecule has 1 amide bonds. The van der Waals surface area contributed by atoms with E-state index < -0.39 is 11.5 Å². The molecule has 2 heterocycles. The molecule has 1 aliphatic rings. The van der Waals surface area contributed by atoms with Gasteiger partial charge < -0.3 is 10.3 Å². The number of rotatable bonds is 2. The molecular weight excluding hydrogens is 342 g/mol. The minimum absolute atomic E-state index is 0.0571. The van der Waals surface area contributed by atoms with Crippen LogP contribution in [0, 0.1) is 5.41 Å². The highest BCUT2D eigenvalue weighted by molar-refractivity contribution is 6.09. The third kappa shape index (κ3) is 3.14. The van der Waals surface area contributed by atoms with Crippen molar-refractivity contribution in [3.63, 3.8) is 0 Å². The number of carbonyl (C=O) groups is 2. The summed E-state index contributed by atoms with van der Waals surface area (Å²) in [4.78, 5) is 44.7. The largest absolute Gasteiger partial charge is 0.325 e. The van der Waals surface area contributed by atoms with E-state index in [0.717, 1.165) is 5.39 Å². The molecule has 3 aromatic rings. The highest BCUT2D eigenvalue weighted by Gasteiger charge is 2.32. The molecule has 0 bridgehead atoms. The van der Waals surface area contributed by atoms with Crippen molar-refractivity contribution in [2.75, 3.05) is 5.32 Å². The van der Waals surface area contributed by atoms with Gasteiger partial charge in [0.2, 0.25) is 0 Å². The van der Waals surface area contributed by atoms with Crippen molar-refractivity contribution in [3.05, 3.63) is 69.8 Å².